The van der Waals surface area contributed by atoms with Crippen molar-refractivity contribution >= 4 is 17.2 Å². The fourth-order valence-electron chi connectivity index (χ4n) is 2.66. The zero-order chi connectivity index (χ0) is 17.7. The van der Waals surface area contributed by atoms with E-state index < -0.39 is 0 Å². The molecule has 0 spiro atoms. The maximum atomic E-state index is 12.2. The Morgan fingerprint density at radius 1 is 1.38 bits per heavy atom. The first-order chi connectivity index (χ1) is 11.4. The lowest BCUT2D eigenvalue weighted by Crippen LogP contribution is -2.27. The second kappa shape index (κ2) is 8.15. The van der Waals surface area contributed by atoms with Crippen LogP contribution in [0.2, 0.25) is 0 Å². The number of amides is 1. The van der Waals surface area contributed by atoms with Crippen molar-refractivity contribution in [3.8, 4) is 5.75 Å². The Morgan fingerprint density at radius 3 is 2.75 bits per heavy atom. The molecule has 130 valence electrons. The zero-order valence-electron chi connectivity index (χ0n) is 14.6. The summed E-state index contributed by atoms with van der Waals surface area (Å²) in [5, 5.41) is 4.85. The topological polar surface area (TPSA) is 60.3 Å². The highest BCUT2D eigenvalue weighted by Gasteiger charge is 2.14. The number of carbonyl (C=O) groups excluding carboxylic acids is 1. The minimum Gasteiger partial charge on any atom is -0.496 e. The number of ether oxygens (including phenoxy) is 1. The summed E-state index contributed by atoms with van der Waals surface area (Å²) < 4.78 is 7.08. The smallest absolute Gasteiger partial charge is 0.307 e. The third-order valence-electron chi connectivity index (χ3n) is 3.99. The van der Waals surface area contributed by atoms with Gasteiger partial charge in [0.25, 0.3) is 0 Å². The van der Waals surface area contributed by atoms with E-state index in [2.05, 4.69) is 5.32 Å². The average molecular weight is 348 g/mol. The molecule has 2 aromatic rings. The Labute approximate surface area is 146 Å². The summed E-state index contributed by atoms with van der Waals surface area (Å²) in [6.45, 7) is 6.44. The first-order valence-electron chi connectivity index (χ1n) is 8.01. The second-order valence-corrected chi connectivity index (χ2v) is 6.75. The molecule has 6 heteroatoms. The molecule has 0 aliphatic rings. The monoisotopic (exact) mass is 348 g/mol. The number of hydrogen-bond donors (Lipinski definition) is 1. The Morgan fingerprint density at radius 2 is 2.12 bits per heavy atom. The van der Waals surface area contributed by atoms with Crippen LogP contribution in [-0.2, 0) is 11.3 Å². The van der Waals surface area contributed by atoms with Gasteiger partial charge in [-0.05, 0) is 33.3 Å². The van der Waals surface area contributed by atoms with Crippen LogP contribution in [0.1, 0.15) is 42.6 Å². The van der Waals surface area contributed by atoms with Crippen LogP contribution in [0.25, 0.3) is 0 Å². The molecule has 1 heterocycles. The summed E-state index contributed by atoms with van der Waals surface area (Å²) in [4.78, 5) is 23.9. The number of thiazole rings is 1. The SMILES string of the molecule is COc1ccc(C)cc1[C@H](C)NC(=O)CCCn1c(C)csc1=O. The van der Waals surface area contributed by atoms with Gasteiger partial charge in [0.05, 0.1) is 13.2 Å². The molecule has 2 rings (SSSR count). The largest absolute Gasteiger partial charge is 0.496 e. The number of nitrogens with one attached hydrogen (secondary N) is 1. The number of benzene rings is 1. The molecule has 1 amide bonds. The molecule has 5 nitrogen and oxygen atoms in total. The summed E-state index contributed by atoms with van der Waals surface area (Å²) in [6.07, 6.45) is 1.03. The van der Waals surface area contributed by atoms with Crippen LogP contribution in [0.15, 0.2) is 28.4 Å². The van der Waals surface area contributed by atoms with E-state index in [9.17, 15) is 9.59 Å². The summed E-state index contributed by atoms with van der Waals surface area (Å²) in [7, 11) is 1.63. The molecule has 0 radical (unpaired) electrons. The zero-order valence-corrected chi connectivity index (χ0v) is 15.4. The van der Waals surface area contributed by atoms with E-state index in [1.54, 1.807) is 11.7 Å². The number of rotatable bonds is 7. The van der Waals surface area contributed by atoms with Gasteiger partial charge in [0.15, 0.2) is 0 Å². The molecule has 1 aromatic heterocycles. The maximum absolute atomic E-state index is 12.2. The maximum Gasteiger partial charge on any atom is 0.307 e. The number of carbonyl (C=O) groups is 1. The van der Waals surface area contributed by atoms with Crippen LogP contribution in [0.4, 0.5) is 0 Å². The van der Waals surface area contributed by atoms with Crippen LogP contribution in [0.3, 0.4) is 0 Å². The predicted octanol–water partition coefficient (Wildman–Crippen LogP) is 3.19. The molecule has 0 saturated heterocycles. The summed E-state index contributed by atoms with van der Waals surface area (Å²) in [5.41, 5.74) is 3.04. The first-order valence-corrected chi connectivity index (χ1v) is 8.89. The molecule has 1 atom stereocenters. The Bertz CT molecular complexity index is 764. The van der Waals surface area contributed by atoms with Crippen molar-refractivity contribution < 1.29 is 9.53 Å². The predicted molar refractivity (Wildman–Crippen MR) is 96.8 cm³/mol. The number of aryl methyl sites for hydroxylation is 2. The lowest BCUT2D eigenvalue weighted by atomic mass is 10.0. The Hall–Kier alpha value is -2.08. The van der Waals surface area contributed by atoms with Gasteiger partial charge < -0.3 is 14.6 Å². The van der Waals surface area contributed by atoms with Crippen LogP contribution < -0.4 is 14.9 Å². The number of nitrogens with zero attached hydrogens (tertiary/aromatic N) is 1. The minimum absolute atomic E-state index is 0.0213. The minimum atomic E-state index is -0.127. The molecule has 1 N–H and O–H groups in total. The van der Waals surface area contributed by atoms with E-state index in [0.29, 0.717) is 19.4 Å². The third-order valence-corrected chi connectivity index (χ3v) is 4.87. The van der Waals surface area contributed by atoms with Crippen LogP contribution in [0, 0.1) is 13.8 Å². The average Bonchev–Trinajstić information content (AvgIpc) is 2.86. The molecule has 0 unspecified atom stereocenters. The first kappa shape index (κ1) is 18.3. The van der Waals surface area contributed by atoms with Crippen molar-refractivity contribution in [1.29, 1.82) is 0 Å². The van der Waals surface area contributed by atoms with Crippen molar-refractivity contribution in [2.24, 2.45) is 0 Å². The van der Waals surface area contributed by atoms with Crippen molar-refractivity contribution in [3.05, 3.63) is 50.1 Å². The third kappa shape index (κ3) is 4.47. The molecule has 0 aliphatic heterocycles. The van der Waals surface area contributed by atoms with E-state index in [4.69, 9.17) is 4.74 Å². The molecule has 0 bridgehead atoms. The van der Waals surface area contributed by atoms with E-state index in [-0.39, 0.29) is 16.8 Å². The van der Waals surface area contributed by atoms with Crippen molar-refractivity contribution in [2.75, 3.05) is 7.11 Å². The fourth-order valence-corrected chi connectivity index (χ4v) is 3.42. The van der Waals surface area contributed by atoms with Gasteiger partial charge in [-0.3, -0.25) is 9.59 Å². The van der Waals surface area contributed by atoms with Crippen molar-refractivity contribution in [1.82, 2.24) is 9.88 Å². The van der Waals surface area contributed by atoms with Crippen LogP contribution in [-0.4, -0.2) is 17.6 Å². The van der Waals surface area contributed by atoms with Crippen molar-refractivity contribution in [2.45, 2.75) is 46.2 Å². The van der Waals surface area contributed by atoms with E-state index in [1.165, 1.54) is 11.3 Å². The molecule has 0 fully saturated rings. The molecule has 1 aromatic carbocycles. The van der Waals surface area contributed by atoms with Gasteiger partial charge in [-0.15, -0.1) is 0 Å². The van der Waals surface area contributed by atoms with Gasteiger partial charge in [0, 0.05) is 29.6 Å². The highest BCUT2D eigenvalue weighted by molar-refractivity contribution is 7.07. The molecular formula is C18H24N2O3S. The van der Waals surface area contributed by atoms with Crippen molar-refractivity contribution in [3.63, 3.8) is 0 Å². The summed E-state index contributed by atoms with van der Waals surface area (Å²) in [6, 6.07) is 5.80. The van der Waals surface area contributed by atoms with Gasteiger partial charge in [0.1, 0.15) is 5.75 Å². The molecular weight excluding hydrogens is 324 g/mol. The van der Waals surface area contributed by atoms with E-state index in [0.717, 1.165) is 22.6 Å². The van der Waals surface area contributed by atoms with Crippen LogP contribution in [0.5, 0.6) is 5.75 Å². The fraction of sp³-hybridized carbons (Fsp3) is 0.444. The van der Waals surface area contributed by atoms with Gasteiger partial charge in [0.2, 0.25) is 5.91 Å². The standard InChI is InChI=1S/C18H24N2O3S/c1-12-7-8-16(23-4)15(10-12)14(3)19-17(21)6-5-9-20-13(2)11-24-18(20)22/h7-8,10-11,14H,5-6,9H2,1-4H3,(H,19,21)/t14-/m0/s1. The van der Waals surface area contributed by atoms with Crippen LogP contribution >= 0.6 is 11.3 Å². The highest BCUT2D eigenvalue weighted by atomic mass is 32.1. The second-order valence-electron chi connectivity index (χ2n) is 5.93. The summed E-state index contributed by atoms with van der Waals surface area (Å²) in [5.74, 6) is 0.751. The Balaban J connectivity index is 1.90. The molecule has 0 aliphatic carbocycles. The van der Waals surface area contributed by atoms with Gasteiger partial charge in [-0.25, -0.2) is 0 Å². The number of hydrogen-bond acceptors (Lipinski definition) is 4. The van der Waals surface area contributed by atoms with E-state index in [1.807, 2.05) is 44.4 Å². The number of methoxy groups -OCH3 is 1. The summed E-state index contributed by atoms with van der Waals surface area (Å²) >= 11 is 1.20. The van der Waals surface area contributed by atoms with Gasteiger partial charge in [-0.1, -0.05) is 29.0 Å². The highest BCUT2D eigenvalue weighted by Crippen LogP contribution is 2.26. The number of aromatic nitrogens is 1. The quantitative estimate of drug-likeness (QED) is 0.836. The van der Waals surface area contributed by atoms with Gasteiger partial charge >= 0.3 is 4.87 Å². The molecule has 24 heavy (non-hydrogen) atoms. The lowest BCUT2D eigenvalue weighted by Gasteiger charge is -2.18. The normalized spacial score (nSPS) is 12.0. The molecule has 0 saturated carbocycles. The lowest BCUT2D eigenvalue weighted by molar-refractivity contribution is -0.121. The van der Waals surface area contributed by atoms with Gasteiger partial charge in [-0.2, -0.15) is 0 Å². The Kier molecular flexibility index (Phi) is 6.20. The van der Waals surface area contributed by atoms with E-state index >= 15 is 0 Å².